The van der Waals surface area contributed by atoms with Crippen LogP contribution in [0.1, 0.15) is 12.1 Å². The second-order valence-corrected chi connectivity index (χ2v) is 8.22. The molecule has 0 aliphatic carbocycles. The Morgan fingerprint density at radius 2 is 2.03 bits per heavy atom. The minimum atomic E-state index is -0.315. The zero-order valence-corrected chi connectivity index (χ0v) is 17.2. The first-order valence-corrected chi connectivity index (χ1v) is 10.4. The van der Waals surface area contributed by atoms with E-state index in [1.54, 1.807) is 24.8 Å². The number of anilines is 1. The minimum absolute atomic E-state index is 0.199. The SMILES string of the molecule is O=c1n(Cc2cnccn2)nc2c(N3C[C@@H]4C[C@H]3CO4)c(-c3ccc(Cl)cc3)cnn12. The molecule has 31 heavy (non-hydrogen) atoms. The van der Waals surface area contributed by atoms with Crippen molar-refractivity contribution in [2.45, 2.75) is 25.1 Å². The van der Waals surface area contributed by atoms with Crippen molar-refractivity contribution in [1.82, 2.24) is 29.4 Å². The quantitative estimate of drug-likeness (QED) is 0.484. The predicted octanol–water partition coefficient (Wildman–Crippen LogP) is 2.03. The molecule has 2 bridgehead atoms. The van der Waals surface area contributed by atoms with Crippen LogP contribution in [0.4, 0.5) is 5.69 Å². The topological polar surface area (TPSA) is 90.4 Å². The Hall–Kier alpha value is -3.30. The fraction of sp³-hybridized carbons (Fsp3) is 0.286. The molecule has 3 aromatic heterocycles. The summed E-state index contributed by atoms with van der Waals surface area (Å²) in [5, 5.41) is 9.76. The molecular weight excluding hydrogens is 418 g/mol. The Morgan fingerprint density at radius 3 is 2.74 bits per heavy atom. The van der Waals surface area contributed by atoms with Crippen LogP contribution < -0.4 is 10.6 Å². The van der Waals surface area contributed by atoms with Crippen molar-refractivity contribution in [1.29, 1.82) is 0 Å². The van der Waals surface area contributed by atoms with E-state index < -0.39 is 0 Å². The highest BCUT2D eigenvalue weighted by atomic mass is 35.5. The van der Waals surface area contributed by atoms with Crippen molar-refractivity contribution in [2.24, 2.45) is 0 Å². The third-order valence-electron chi connectivity index (χ3n) is 5.86. The average molecular weight is 436 g/mol. The zero-order chi connectivity index (χ0) is 20.9. The van der Waals surface area contributed by atoms with Crippen molar-refractivity contribution >= 4 is 22.9 Å². The van der Waals surface area contributed by atoms with Gasteiger partial charge in [0, 0.05) is 29.5 Å². The fourth-order valence-electron chi connectivity index (χ4n) is 4.41. The van der Waals surface area contributed by atoms with Gasteiger partial charge in [0.25, 0.3) is 0 Å². The van der Waals surface area contributed by atoms with Gasteiger partial charge in [-0.05, 0) is 24.1 Å². The molecule has 2 aliphatic rings. The molecule has 0 radical (unpaired) electrons. The number of halogens is 1. The van der Waals surface area contributed by atoms with E-state index in [1.165, 1.54) is 9.20 Å². The second-order valence-electron chi connectivity index (χ2n) is 7.78. The van der Waals surface area contributed by atoms with Gasteiger partial charge in [-0.2, -0.15) is 9.61 Å². The number of aromatic nitrogens is 6. The van der Waals surface area contributed by atoms with E-state index in [0.717, 1.165) is 29.8 Å². The van der Waals surface area contributed by atoms with E-state index in [1.807, 2.05) is 24.3 Å². The number of fused-ring (bicyclic) bond motifs is 3. The normalized spacial score (nSPS) is 20.1. The van der Waals surface area contributed by atoms with Gasteiger partial charge in [0.05, 0.1) is 49.1 Å². The van der Waals surface area contributed by atoms with Crippen molar-refractivity contribution in [2.75, 3.05) is 18.1 Å². The highest BCUT2D eigenvalue weighted by Gasteiger charge is 2.41. The largest absolute Gasteiger partial charge is 0.374 e. The lowest BCUT2D eigenvalue weighted by Gasteiger charge is -2.30. The molecule has 10 heteroatoms. The van der Waals surface area contributed by atoms with Crippen LogP contribution in [0.3, 0.4) is 0 Å². The van der Waals surface area contributed by atoms with Gasteiger partial charge in [-0.15, -0.1) is 5.10 Å². The molecule has 5 heterocycles. The van der Waals surface area contributed by atoms with Crippen LogP contribution in [0.5, 0.6) is 0 Å². The van der Waals surface area contributed by atoms with Crippen molar-refractivity contribution in [3.05, 3.63) is 70.3 Å². The summed E-state index contributed by atoms with van der Waals surface area (Å²) in [5.74, 6) is 0. The molecule has 156 valence electrons. The molecule has 0 spiro atoms. The summed E-state index contributed by atoms with van der Waals surface area (Å²) < 4.78 is 8.54. The maximum atomic E-state index is 13.0. The lowest BCUT2D eigenvalue weighted by atomic mass is 10.1. The smallest absolute Gasteiger partial charge is 0.367 e. The van der Waals surface area contributed by atoms with E-state index in [-0.39, 0.29) is 24.4 Å². The predicted molar refractivity (Wildman–Crippen MR) is 114 cm³/mol. The Kier molecular flexibility index (Phi) is 4.25. The summed E-state index contributed by atoms with van der Waals surface area (Å²) in [7, 11) is 0. The lowest BCUT2D eigenvalue weighted by molar-refractivity contribution is 0.0992. The van der Waals surface area contributed by atoms with Crippen LogP contribution in [0, 0.1) is 0 Å². The summed E-state index contributed by atoms with van der Waals surface area (Å²) in [6.07, 6.45) is 7.72. The number of hydrogen-bond acceptors (Lipinski definition) is 7. The summed E-state index contributed by atoms with van der Waals surface area (Å²) in [6.45, 7) is 1.65. The number of benzene rings is 1. The first-order chi connectivity index (χ1) is 15.2. The van der Waals surface area contributed by atoms with Crippen LogP contribution in [-0.2, 0) is 11.3 Å². The number of hydrogen-bond donors (Lipinski definition) is 0. The Labute approximate surface area is 181 Å². The van der Waals surface area contributed by atoms with E-state index in [9.17, 15) is 4.79 Å². The van der Waals surface area contributed by atoms with Crippen LogP contribution in [0.15, 0.2) is 53.8 Å². The molecule has 2 saturated heterocycles. The van der Waals surface area contributed by atoms with Crippen molar-refractivity contribution in [3.63, 3.8) is 0 Å². The van der Waals surface area contributed by atoms with Crippen molar-refractivity contribution < 1.29 is 4.74 Å². The summed E-state index contributed by atoms with van der Waals surface area (Å²) in [6, 6.07) is 7.87. The van der Waals surface area contributed by atoms with Crippen LogP contribution >= 0.6 is 11.6 Å². The monoisotopic (exact) mass is 435 g/mol. The van der Waals surface area contributed by atoms with Gasteiger partial charge in [0.1, 0.15) is 0 Å². The third kappa shape index (κ3) is 3.08. The maximum absolute atomic E-state index is 13.0. The van der Waals surface area contributed by atoms with Gasteiger partial charge < -0.3 is 9.64 Å². The molecule has 9 nitrogen and oxygen atoms in total. The molecule has 0 saturated carbocycles. The second kappa shape index (κ2) is 7.14. The molecule has 0 N–H and O–H groups in total. The molecule has 0 amide bonds. The molecule has 2 aliphatic heterocycles. The van der Waals surface area contributed by atoms with E-state index >= 15 is 0 Å². The van der Waals surface area contributed by atoms with Gasteiger partial charge in [-0.1, -0.05) is 23.7 Å². The Morgan fingerprint density at radius 1 is 1.16 bits per heavy atom. The zero-order valence-electron chi connectivity index (χ0n) is 16.4. The molecule has 0 unspecified atom stereocenters. The first-order valence-electron chi connectivity index (χ1n) is 10.1. The Bertz CT molecular complexity index is 1320. The highest BCUT2D eigenvalue weighted by molar-refractivity contribution is 6.30. The molecule has 4 aromatic rings. The number of ether oxygens (including phenoxy) is 1. The Balaban J connectivity index is 1.54. The van der Waals surface area contributed by atoms with E-state index in [0.29, 0.717) is 23.0 Å². The first kappa shape index (κ1) is 18.5. The van der Waals surface area contributed by atoms with E-state index in [4.69, 9.17) is 16.3 Å². The highest BCUT2D eigenvalue weighted by Crippen LogP contribution is 2.40. The van der Waals surface area contributed by atoms with Crippen LogP contribution in [0.2, 0.25) is 5.02 Å². The lowest BCUT2D eigenvalue weighted by Crippen LogP contribution is -2.37. The average Bonchev–Trinajstić information content (AvgIpc) is 3.50. The van der Waals surface area contributed by atoms with Crippen molar-refractivity contribution in [3.8, 4) is 11.1 Å². The van der Waals surface area contributed by atoms with E-state index in [2.05, 4.69) is 25.1 Å². The van der Waals surface area contributed by atoms with Crippen LogP contribution in [-0.4, -0.2) is 54.7 Å². The third-order valence-corrected chi connectivity index (χ3v) is 6.11. The van der Waals surface area contributed by atoms with Gasteiger partial charge >= 0.3 is 5.69 Å². The van der Waals surface area contributed by atoms with Gasteiger partial charge in [0.2, 0.25) is 5.65 Å². The van der Waals surface area contributed by atoms with Gasteiger partial charge in [-0.3, -0.25) is 9.97 Å². The molecule has 2 atom stereocenters. The van der Waals surface area contributed by atoms with Gasteiger partial charge in [0.15, 0.2) is 0 Å². The number of rotatable bonds is 4. The van der Waals surface area contributed by atoms with Crippen LogP contribution in [0.25, 0.3) is 16.8 Å². The maximum Gasteiger partial charge on any atom is 0.367 e. The molecule has 2 fully saturated rings. The summed E-state index contributed by atoms with van der Waals surface area (Å²) >= 11 is 6.10. The number of nitrogens with zero attached hydrogens (tertiary/aromatic N) is 7. The summed E-state index contributed by atoms with van der Waals surface area (Å²) in [5.41, 5.74) is 3.63. The minimum Gasteiger partial charge on any atom is -0.374 e. The van der Waals surface area contributed by atoms with Gasteiger partial charge in [-0.25, -0.2) is 9.48 Å². The summed E-state index contributed by atoms with van der Waals surface area (Å²) in [4.78, 5) is 23.7. The molecular formula is C21H18ClN7O2. The fourth-order valence-corrected chi connectivity index (χ4v) is 4.54. The molecule has 1 aromatic carbocycles. The standard InChI is InChI=1S/C21H18ClN7O2/c22-14-3-1-13(2-4-14)18-9-25-29-20(19(18)27-11-17-7-16(27)12-31-17)26-28(21(29)30)10-15-8-23-5-6-24-15/h1-6,8-9,16-17H,7,10-12H2/t16-,17-/m0/s1. The number of morpholine rings is 1. The molecule has 6 rings (SSSR count).